The highest BCUT2D eigenvalue weighted by Crippen LogP contribution is 2.35. The topological polar surface area (TPSA) is 135 Å². The lowest BCUT2D eigenvalue weighted by Crippen LogP contribution is -2.56. The third-order valence-corrected chi connectivity index (χ3v) is 6.79. The van der Waals surface area contributed by atoms with E-state index >= 15 is 0 Å². The van der Waals surface area contributed by atoms with Crippen LogP contribution in [0.25, 0.3) is 0 Å². The first-order valence-electron chi connectivity index (χ1n) is 12.5. The molecule has 39 heavy (non-hydrogen) atoms. The zero-order valence-corrected chi connectivity index (χ0v) is 22.1. The fourth-order valence-electron chi connectivity index (χ4n) is 4.80. The second-order valence-corrected chi connectivity index (χ2v) is 10.3. The SMILES string of the molecule is CC(C)C[C@@H](C(=O)N1C[C@@]2(C[C@H]1C#N)N=C(Cc1ccccc1)NC2=O)N(C)C(=O)[C@H](C)NC(=O)C(F)(F)F. The largest absolute Gasteiger partial charge is 0.471 e. The first-order valence-corrected chi connectivity index (χ1v) is 12.5. The molecule has 0 radical (unpaired) electrons. The van der Waals surface area contributed by atoms with Gasteiger partial charge in [-0.15, -0.1) is 0 Å². The fourth-order valence-corrected chi connectivity index (χ4v) is 4.80. The minimum Gasteiger partial charge on any atom is -0.337 e. The number of carbonyl (C=O) groups is 4. The Labute approximate surface area is 224 Å². The van der Waals surface area contributed by atoms with Gasteiger partial charge in [-0.1, -0.05) is 44.2 Å². The molecule has 4 amide bonds. The number of amides is 4. The van der Waals surface area contributed by atoms with Crippen LogP contribution in [0.5, 0.6) is 0 Å². The molecule has 0 saturated carbocycles. The highest BCUT2D eigenvalue weighted by Gasteiger charge is 2.55. The molecule has 2 heterocycles. The molecule has 13 heteroatoms. The Bertz CT molecular complexity index is 1200. The van der Waals surface area contributed by atoms with E-state index in [1.54, 1.807) is 19.2 Å². The van der Waals surface area contributed by atoms with Crippen molar-refractivity contribution in [3.63, 3.8) is 0 Å². The van der Waals surface area contributed by atoms with Crippen molar-refractivity contribution < 1.29 is 32.3 Å². The van der Waals surface area contributed by atoms with Crippen molar-refractivity contribution in [2.75, 3.05) is 13.6 Å². The molecule has 2 N–H and O–H groups in total. The van der Waals surface area contributed by atoms with Crippen molar-refractivity contribution in [2.24, 2.45) is 10.9 Å². The van der Waals surface area contributed by atoms with Gasteiger partial charge in [0.25, 0.3) is 5.91 Å². The number of carbonyl (C=O) groups excluding carboxylic acids is 4. The average molecular weight is 549 g/mol. The van der Waals surface area contributed by atoms with Crippen LogP contribution in [0.3, 0.4) is 0 Å². The number of nitrogens with one attached hydrogen (secondary N) is 2. The van der Waals surface area contributed by atoms with Gasteiger partial charge in [0.05, 0.1) is 12.6 Å². The second-order valence-electron chi connectivity index (χ2n) is 10.3. The molecule has 1 spiro atoms. The Morgan fingerprint density at radius 2 is 1.90 bits per heavy atom. The monoisotopic (exact) mass is 548 g/mol. The smallest absolute Gasteiger partial charge is 0.337 e. The number of nitrogens with zero attached hydrogens (tertiary/aromatic N) is 4. The maximum atomic E-state index is 13.8. The molecular formula is C26H31F3N6O4. The summed E-state index contributed by atoms with van der Waals surface area (Å²) >= 11 is 0. The number of rotatable bonds is 8. The van der Waals surface area contributed by atoms with Gasteiger partial charge in [0, 0.05) is 19.9 Å². The van der Waals surface area contributed by atoms with Gasteiger partial charge in [0.1, 0.15) is 24.0 Å². The Morgan fingerprint density at radius 1 is 1.26 bits per heavy atom. The number of hydrogen-bond donors (Lipinski definition) is 2. The Balaban J connectivity index is 1.82. The molecule has 1 aromatic carbocycles. The number of likely N-dealkylation sites (N-methyl/N-ethyl adjacent to an activating group) is 1. The van der Waals surface area contributed by atoms with Crippen molar-refractivity contribution in [3.05, 3.63) is 35.9 Å². The minimum absolute atomic E-state index is 0.0382. The summed E-state index contributed by atoms with van der Waals surface area (Å²) in [5.41, 5.74) is -0.445. The lowest BCUT2D eigenvalue weighted by Gasteiger charge is -2.34. The lowest BCUT2D eigenvalue weighted by atomic mass is 9.97. The highest BCUT2D eigenvalue weighted by atomic mass is 19.4. The molecule has 2 aliphatic rings. The molecule has 1 fully saturated rings. The van der Waals surface area contributed by atoms with E-state index in [2.05, 4.69) is 10.3 Å². The first-order chi connectivity index (χ1) is 18.2. The standard InChI is InChI=1S/C26H31F3N6O4/c1-15(2)10-19(34(4)21(36)16(3)31-24(39)26(27,28)29)22(37)35-14-25(12-18(35)13-30)23(38)32-20(33-25)11-17-8-6-5-7-9-17/h5-9,15-16,18-19H,10-12,14H2,1-4H3,(H,31,39)(H,32,33,38)/t16-,18-,19-,25+/m0/s1. The average Bonchev–Trinajstić information content (AvgIpc) is 3.39. The molecule has 1 saturated heterocycles. The number of nitriles is 1. The van der Waals surface area contributed by atoms with Gasteiger partial charge < -0.3 is 20.4 Å². The van der Waals surface area contributed by atoms with Crippen molar-refractivity contribution in [1.29, 1.82) is 5.26 Å². The highest BCUT2D eigenvalue weighted by molar-refractivity contribution is 6.09. The van der Waals surface area contributed by atoms with E-state index in [4.69, 9.17) is 0 Å². The van der Waals surface area contributed by atoms with Gasteiger partial charge in [-0.05, 0) is 24.8 Å². The van der Waals surface area contributed by atoms with E-state index in [0.29, 0.717) is 12.3 Å². The quantitative estimate of drug-likeness (QED) is 0.509. The summed E-state index contributed by atoms with van der Waals surface area (Å²) in [6.45, 7) is 4.50. The van der Waals surface area contributed by atoms with Gasteiger partial charge in [0.2, 0.25) is 11.8 Å². The summed E-state index contributed by atoms with van der Waals surface area (Å²) in [5, 5.41) is 14.2. The van der Waals surface area contributed by atoms with Crippen LogP contribution in [0.1, 0.15) is 39.2 Å². The molecule has 0 unspecified atom stereocenters. The van der Waals surface area contributed by atoms with Crippen molar-refractivity contribution in [3.8, 4) is 6.07 Å². The minimum atomic E-state index is -5.17. The van der Waals surface area contributed by atoms with E-state index in [9.17, 15) is 37.6 Å². The zero-order valence-electron chi connectivity index (χ0n) is 22.1. The Kier molecular flexibility index (Phi) is 8.67. The summed E-state index contributed by atoms with van der Waals surface area (Å²) in [7, 11) is 1.26. The van der Waals surface area contributed by atoms with E-state index in [1.165, 1.54) is 11.9 Å². The number of benzene rings is 1. The third kappa shape index (κ3) is 6.55. The van der Waals surface area contributed by atoms with Crippen LogP contribution >= 0.6 is 0 Å². The molecule has 3 rings (SSSR count). The summed E-state index contributed by atoms with van der Waals surface area (Å²) < 4.78 is 38.0. The van der Waals surface area contributed by atoms with Crippen LogP contribution in [-0.2, 0) is 25.6 Å². The molecule has 210 valence electrons. The van der Waals surface area contributed by atoms with Crippen LogP contribution in [0, 0.1) is 17.2 Å². The number of halogens is 3. The molecule has 4 atom stereocenters. The molecule has 0 aromatic heterocycles. The predicted molar refractivity (Wildman–Crippen MR) is 134 cm³/mol. The second kappa shape index (κ2) is 11.4. The Morgan fingerprint density at radius 3 is 2.46 bits per heavy atom. The molecule has 2 aliphatic heterocycles. The van der Waals surface area contributed by atoms with Gasteiger partial charge in [0.15, 0.2) is 5.54 Å². The molecule has 1 aromatic rings. The number of aliphatic imine (C=N–C) groups is 1. The number of alkyl halides is 3. The van der Waals surface area contributed by atoms with Crippen molar-refractivity contribution in [1.82, 2.24) is 20.4 Å². The number of likely N-dealkylation sites (tertiary alicyclic amines) is 1. The number of amidine groups is 1. The normalized spacial score (nSPS) is 22.2. The maximum absolute atomic E-state index is 13.8. The van der Waals surface area contributed by atoms with Crippen LogP contribution in [-0.4, -0.2) is 82.7 Å². The summed E-state index contributed by atoms with van der Waals surface area (Å²) in [6.07, 6.45) is -4.72. The first kappa shape index (κ1) is 29.6. The summed E-state index contributed by atoms with van der Waals surface area (Å²) in [4.78, 5) is 57.8. The summed E-state index contributed by atoms with van der Waals surface area (Å²) in [6, 6.07) is 7.65. The van der Waals surface area contributed by atoms with Gasteiger partial charge in [-0.3, -0.25) is 24.2 Å². The van der Waals surface area contributed by atoms with E-state index in [1.807, 2.05) is 36.4 Å². The van der Waals surface area contributed by atoms with Crippen LogP contribution in [0.2, 0.25) is 0 Å². The van der Waals surface area contributed by atoms with Crippen LogP contribution in [0.4, 0.5) is 13.2 Å². The maximum Gasteiger partial charge on any atom is 0.471 e. The van der Waals surface area contributed by atoms with Gasteiger partial charge in [-0.2, -0.15) is 18.4 Å². The van der Waals surface area contributed by atoms with Gasteiger partial charge in [-0.25, -0.2) is 0 Å². The van der Waals surface area contributed by atoms with Crippen molar-refractivity contribution >= 4 is 29.5 Å². The predicted octanol–water partition coefficient (Wildman–Crippen LogP) is 1.56. The lowest BCUT2D eigenvalue weighted by molar-refractivity contribution is -0.175. The van der Waals surface area contributed by atoms with E-state index < -0.39 is 53.5 Å². The molecule has 0 bridgehead atoms. The van der Waals surface area contributed by atoms with E-state index in [0.717, 1.165) is 17.4 Å². The fraction of sp³-hybridized carbons (Fsp3) is 0.538. The molecule has 0 aliphatic carbocycles. The number of hydrogen-bond acceptors (Lipinski definition) is 6. The molecular weight excluding hydrogens is 517 g/mol. The Hall–Kier alpha value is -3.95. The zero-order chi connectivity index (χ0) is 29.1. The van der Waals surface area contributed by atoms with Crippen LogP contribution in [0.15, 0.2) is 35.3 Å². The van der Waals surface area contributed by atoms with Gasteiger partial charge >= 0.3 is 12.1 Å². The summed E-state index contributed by atoms with van der Waals surface area (Å²) in [5.74, 6) is -3.94. The van der Waals surface area contributed by atoms with Crippen LogP contribution < -0.4 is 10.6 Å². The van der Waals surface area contributed by atoms with Crippen molar-refractivity contribution in [2.45, 2.75) is 69.9 Å². The third-order valence-electron chi connectivity index (χ3n) is 6.79. The van der Waals surface area contributed by atoms with E-state index in [-0.39, 0.29) is 25.3 Å². The molecule has 10 nitrogen and oxygen atoms in total.